The number of oxazole rings is 1. The molecule has 1 saturated heterocycles. The zero-order chi connectivity index (χ0) is 9.38. The van der Waals surface area contributed by atoms with Gasteiger partial charge in [0.2, 0.25) is 0 Å². The van der Waals surface area contributed by atoms with Gasteiger partial charge in [-0.05, 0) is 0 Å². The van der Waals surface area contributed by atoms with Crippen molar-refractivity contribution in [3.05, 3.63) is 18.5 Å². The van der Waals surface area contributed by atoms with Gasteiger partial charge in [0.15, 0.2) is 17.9 Å². The Morgan fingerprint density at radius 3 is 3.00 bits per heavy atom. The van der Waals surface area contributed by atoms with E-state index in [2.05, 4.69) is 20.4 Å². The normalized spacial score (nSPS) is 16.9. The molecule has 1 aliphatic heterocycles. The predicted molar refractivity (Wildman–Crippen MR) is 45.4 cm³/mol. The number of aromatic nitrogens is 3. The molecular weight excluding hydrogens is 184 g/mol. The van der Waals surface area contributed by atoms with E-state index in [0.717, 1.165) is 18.9 Å². The molecule has 0 saturated carbocycles. The van der Waals surface area contributed by atoms with Gasteiger partial charge >= 0.3 is 0 Å². The van der Waals surface area contributed by atoms with Gasteiger partial charge in [-0.2, -0.15) is 4.98 Å². The van der Waals surface area contributed by atoms with E-state index in [4.69, 9.17) is 8.94 Å². The lowest BCUT2D eigenvalue weighted by atomic mass is 10.0. The Morgan fingerprint density at radius 2 is 2.36 bits per heavy atom. The molecule has 2 aromatic rings. The first-order valence-electron chi connectivity index (χ1n) is 4.36. The molecule has 14 heavy (non-hydrogen) atoms. The summed E-state index contributed by atoms with van der Waals surface area (Å²) in [5.74, 6) is 1.53. The second kappa shape index (κ2) is 2.91. The van der Waals surface area contributed by atoms with Crippen LogP contribution in [0.1, 0.15) is 11.7 Å². The van der Waals surface area contributed by atoms with Gasteiger partial charge in [-0.15, -0.1) is 0 Å². The van der Waals surface area contributed by atoms with Crippen LogP contribution in [-0.4, -0.2) is 28.2 Å². The molecule has 0 amide bonds. The zero-order valence-corrected chi connectivity index (χ0v) is 7.30. The molecule has 1 aliphatic rings. The number of nitrogens with zero attached hydrogens (tertiary/aromatic N) is 3. The summed E-state index contributed by atoms with van der Waals surface area (Å²) in [5, 5.41) is 7.03. The van der Waals surface area contributed by atoms with Gasteiger partial charge in [0.1, 0.15) is 6.26 Å². The van der Waals surface area contributed by atoms with Crippen molar-refractivity contribution in [2.75, 3.05) is 13.1 Å². The van der Waals surface area contributed by atoms with Crippen molar-refractivity contribution in [1.82, 2.24) is 20.4 Å². The van der Waals surface area contributed by atoms with Gasteiger partial charge in [-0.3, -0.25) is 0 Å². The van der Waals surface area contributed by atoms with Crippen LogP contribution >= 0.6 is 0 Å². The van der Waals surface area contributed by atoms with Gasteiger partial charge in [-0.1, -0.05) is 5.16 Å². The lowest BCUT2D eigenvalue weighted by molar-refractivity contribution is 0.382. The molecule has 72 valence electrons. The van der Waals surface area contributed by atoms with Crippen LogP contribution in [0.5, 0.6) is 0 Å². The van der Waals surface area contributed by atoms with Crippen molar-refractivity contribution >= 4 is 0 Å². The molecule has 3 heterocycles. The summed E-state index contributed by atoms with van der Waals surface area (Å²) < 4.78 is 9.88. The van der Waals surface area contributed by atoms with Crippen LogP contribution in [0.4, 0.5) is 0 Å². The molecule has 0 radical (unpaired) electrons. The lowest BCUT2D eigenvalue weighted by Gasteiger charge is -2.23. The highest BCUT2D eigenvalue weighted by Crippen LogP contribution is 2.20. The molecule has 0 bridgehead atoms. The predicted octanol–water partition coefficient (Wildman–Crippen LogP) is 0.411. The molecule has 1 fully saturated rings. The Kier molecular flexibility index (Phi) is 1.60. The summed E-state index contributed by atoms with van der Waals surface area (Å²) in [7, 11) is 0. The topological polar surface area (TPSA) is 77.0 Å². The van der Waals surface area contributed by atoms with E-state index in [1.165, 1.54) is 12.7 Å². The standard InChI is InChI=1S/C8H8N4O2/c1-5(2-9-1)7-11-8(14-12-7)6-3-13-4-10-6/h3-5,9H,1-2H2. The Balaban J connectivity index is 1.90. The lowest BCUT2D eigenvalue weighted by Crippen LogP contribution is -2.40. The fourth-order valence-corrected chi connectivity index (χ4v) is 1.29. The fraction of sp³-hybridized carbons (Fsp3) is 0.375. The highest BCUT2D eigenvalue weighted by Gasteiger charge is 2.24. The summed E-state index contributed by atoms with van der Waals surface area (Å²) >= 11 is 0. The SMILES string of the molecule is c1nc(-c2nc(C3CNC3)no2)co1. The van der Waals surface area contributed by atoms with Gasteiger partial charge in [0.05, 0.1) is 0 Å². The van der Waals surface area contributed by atoms with E-state index >= 15 is 0 Å². The van der Waals surface area contributed by atoms with Crippen LogP contribution in [0.2, 0.25) is 0 Å². The van der Waals surface area contributed by atoms with Crippen LogP contribution in [0, 0.1) is 0 Å². The highest BCUT2D eigenvalue weighted by molar-refractivity contribution is 5.43. The van der Waals surface area contributed by atoms with E-state index in [1.807, 2.05) is 0 Å². The van der Waals surface area contributed by atoms with Gasteiger partial charge in [0.25, 0.3) is 5.89 Å². The van der Waals surface area contributed by atoms with Crippen molar-refractivity contribution < 1.29 is 8.94 Å². The number of hydrogen-bond acceptors (Lipinski definition) is 6. The molecule has 0 aliphatic carbocycles. The van der Waals surface area contributed by atoms with E-state index in [0.29, 0.717) is 17.5 Å². The molecule has 2 aromatic heterocycles. The van der Waals surface area contributed by atoms with Crippen LogP contribution < -0.4 is 5.32 Å². The molecule has 0 aromatic carbocycles. The second-order valence-electron chi connectivity index (χ2n) is 3.19. The minimum Gasteiger partial charge on any atom is -0.451 e. The monoisotopic (exact) mass is 192 g/mol. The van der Waals surface area contributed by atoms with E-state index < -0.39 is 0 Å². The Morgan fingerprint density at radius 1 is 1.43 bits per heavy atom. The quantitative estimate of drug-likeness (QED) is 0.742. The first kappa shape index (κ1) is 7.69. The van der Waals surface area contributed by atoms with Crippen molar-refractivity contribution in [3.63, 3.8) is 0 Å². The number of hydrogen-bond donors (Lipinski definition) is 1. The average molecular weight is 192 g/mol. The highest BCUT2D eigenvalue weighted by atomic mass is 16.5. The minimum absolute atomic E-state index is 0.374. The number of rotatable bonds is 2. The fourth-order valence-electron chi connectivity index (χ4n) is 1.29. The van der Waals surface area contributed by atoms with Crippen molar-refractivity contribution in [2.24, 2.45) is 0 Å². The minimum atomic E-state index is 0.374. The third kappa shape index (κ3) is 1.12. The maximum atomic E-state index is 5.05. The van der Waals surface area contributed by atoms with Crippen molar-refractivity contribution in [2.45, 2.75) is 5.92 Å². The van der Waals surface area contributed by atoms with E-state index in [9.17, 15) is 0 Å². The molecular formula is C8H8N4O2. The van der Waals surface area contributed by atoms with Crippen LogP contribution in [0.25, 0.3) is 11.6 Å². The van der Waals surface area contributed by atoms with Crippen molar-refractivity contribution in [3.8, 4) is 11.6 Å². The summed E-state index contributed by atoms with van der Waals surface area (Å²) in [5.41, 5.74) is 0.580. The van der Waals surface area contributed by atoms with Crippen LogP contribution in [-0.2, 0) is 0 Å². The summed E-state index contributed by atoms with van der Waals surface area (Å²) in [6, 6.07) is 0. The van der Waals surface area contributed by atoms with Gasteiger partial charge in [-0.25, -0.2) is 4.98 Å². The van der Waals surface area contributed by atoms with E-state index in [1.54, 1.807) is 0 Å². The first-order valence-corrected chi connectivity index (χ1v) is 4.36. The Bertz CT molecular complexity index is 418. The Labute approximate surface area is 79.3 Å². The molecule has 3 rings (SSSR count). The molecule has 0 spiro atoms. The molecule has 6 heteroatoms. The maximum absolute atomic E-state index is 5.05. The van der Waals surface area contributed by atoms with Crippen LogP contribution in [0.3, 0.4) is 0 Å². The largest absolute Gasteiger partial charge is 0.451 e. The molecule has 6 nitrogen and oxygen atoms in total. The molecule has 0 unspecified atom stereocenters. The van der Waals surface area contributed by atoms with Crippen molar-refractivity contribution in [1.29, 1.82) is 0 Å². The Hall–Kier alpha value is -1.69. The molecule has 0 atom stereocenters. The summed E-state index contributed by atoms with van der Waals surface area (Å²) in [6.07, 6.45) is 2.82. The second-order valence-corrected chi connectivity index (χ2v) is 3.19. The first-order chi connectivity index (χ1) is 6.93. The summed E-state index contributed by atoms with van der Waals surface area (Å²) in [4.78, 5) is 8.16. The third-order valence-electron chi connectivity index (χ3n) is 2.24. The maximum Gasteiger partial charge on any atom is 0.279 e. The molecule has 1 N–H and O–H groups in total. The van der Waals surface area contributed by atoms with Gasteiger partial charge in [0, 0.05) is 19.0 Å². The average Bonchev–Trinajstić information content (AvgIpc) is 2.65. The van der Waals surface area contributed by atoms with E-state index in [-0.39, 0.29) is 0 Å². The zero-order valence-electron chi connectivity index (χ0n) is 7.30. The van der Waals surface area contributed by atoms with Gasteiger partial charge < -0.3 is 14.3 Å². The smallest absolute Gasteiger partial charge is 0.279 e. The number of nitrogens with one attached hydrogen (secondary N) is 1. The summed E-state index contributed by atoms with van der Waals surface area (Å²) in [6.45, 7) is 1.83. The van der Waals surface area contributed by atoms with Crippen LogP contribution in [0.15, 0.2) is 21.6 Å². The third-order valence-corrected chi connectivity index (χ3v) is 2.24.